The number of primary amides is 1. The van der Waals surface area contributed by atoms with Crippen LogP contribution in [0.1, 0.15) is 73.6 Å². The number of nitrogens with two attached hydrogens (primary N) is 1. The lowest BCUT2D eigenvalue weighted by molar-refractivity contribution is -0.123. The Morgan fingerprint density at radius 1 is 1.19 bits per heavy atom. The number of carbonyl (C=O) groups excluding carboxylic acids is 2. The van der Waals surface area contributed by atoms with Gasteiger partial charge in [0.1, 0.15) is 23.0 Å². The third-order valence-electron chi connectivity index (χ3n) is 7.99. The van der Waals surface area contributed by atoms with Gasteiger partial charge < -0.3 is 20.8 Å². The molecule has 0 radical (unpaired) electrons. The van der Waals surface area contributed by atoms with Gasteiger partial charge in [0.25, 0.3) is 5.91 Å². The predicted molar refractivity (Wildman–Crippen MR) is 121 cm³/mol. The number of hydrogen-bond acceptors (Lipinski definition) is 4. The van der Waals surface area contributed by atoms with Crippen LogP contribution in [0.2, 0.25) is 0 Å². The second-order valence-corrected chi connectivity index (χ2v) is 9.87. The van der Waals surface area contributed by atoms with Gasteiger partial charge in [0, 0.05) is 23.9 Å². The fraction of sp³-hybridized carbons (Fsp3) is 0.560. The number of H-pyrrole nitrogens is 1. The maximum atomic E-state index is 12.4. The fourth-order valence-electron chi connectivity index (χ4n) is 5.63. The quantitative estimate of drug-likeness (QED) is 0.614. The number of carbonyl (C=O) groups is 2. The third kappa shape index (κ3) is 3.89. The summed E-state index contributed by atoms with van der Waals surface area (Å²) in [7, 11) is 1.62. The van der Waals surface area contributed by atoms with Gasteiger partial charge >= 0.3 is 0 Å². The number of aromatic amines is 1. The monoisotopic (exact) mass is 436 g/mol. The molecule has 3 aliphatic carbocycles. The van der Waals surface area contributed by atoms with Gasteiger partial charge in [0.05, 0.1) is 7.11 Å². The van der Waals surface area contributed by atoms with Crippen LogP contribution in [0.5, 0.6) is 5.75 Å². The molecule has 170 valence electrons. The van der Waals surface area contributed by atoms with Gasteiger partial charge in [-0.15, -0.1) is 0 Å². The standard InChI is InChI=1S/C25H32N4O3/c1-32-18-9-7-16(8-10-18)20-21(22(26)30)29-23(28-20)17-5-3-15(4-6-17)14-27-24(31)19-13-25(19)11-2-12-25/h7-10,15,17,19H,2-6,11-14H2,1H3,(H2,26,30)(H,27,31)(H,28,29). The number of nitrogens with zero attached hydrogens (tertiary/aromatic N) is 1. The molecule has 0 saturated heterocycles. The van der Waals surface area contributed by atoms with Crippen LogP contribution in [0.4, 0.5) is 0 Å². The van der Waals surface area contributed by atoms with E-state index in [1.54, 1.807) is 7.11 Å². The van der Waals surface area contributed by atoms with Gasteiger partial charge in [0.15, 0.2) is 0 Å². The van der Waals surface area contributed by atoms with Crippen molar-refractivity contribution in [3.63, 3.8) is 0 Å². The van der Waals surface area contributed by atoms with E-state index in [1.165, 1.54) is 19.3 Å². The molecule has 1 heterocycles. The second-order valence-electron chi connectivity index (χ2n) is 9.87. The molecule has 7 nitrogen and oxygen atoms in total. The van der Waals surface area contributed by atoms with Crippen LogP contribution in [0.15, 0.2) is 24.3 Å². The highest BCUT2D eigenvalue weighted by molar-refractivity contribution is 5.97. The number of amides is 2. The van der Waals surface area contributed by atoms with Gasteiger partial charge in [-0.2, -0.15) is 0 Å². The molecule has 1 aromatic heterocycles. The van der Waals surface area contributed by atoms with Crippen molar-refractivity contribution in [1.29, 1.82) is 0 Å². The molecule has 0 bridgehead atoms. The average Bonchev–Trinajstić information content (AvgIpc) is 3.42. The topological polar surface area (TPSA) is 110 Å². The summed E-state index contributed by atoms with van der Waals surface area (Å²) in [6.45, 7) is 0.778. The van der Waals surface area contributed by atoms with Crippen LogP contribution in [0.25, 0.3) is 11.3 Å². The summed E-state index contributed by atoms with van der Waals surface area (Å²) in [4.78, 5) is 32.5. The van der Waals surface area contributed by atoms with Crippen LogP contribution in [-0.4, -0.2) is 35.4 Å². The molecular formula is C25H32N4O3. The van der Waals surface area contributed by atoms with Crippen molar-refractivity contribution in [2.24, 2.45) is 23.0 Å². The lowest BCUT2D eigenvalue weighted by atomic mass is 9.79. The summed E-state index contributed by atoms with van der Waals surface area (Å²) in [5, 5.41) is 3.22. The zero-order valence-electron chi connectivity index (χ0n) is 18.7. The van der Waals surface area contributed by atoms with Crippen molar-refractivity contribution in [3.8, 4) is 17.0 Å². The number of nitrogens with one attached hydrogen (secondary N) is 2. The number of imidazole rings is 1. The first-order chi connectivity index (χ1) is 15.5. The maximum absolute atomic E-state index is 12.4. The van der Waals surface area contributed by atoms with Crippen LogP contribution >= 0.6 is 0 Å². The van der Waals surface area contributed by atoms with E-state index in [1.807, 2.05) is 24.3 Å². The maximum Gasteiger partial charge on any atom is 0.267 e. The molecule has 7 heteroatoms. The molecule has 1 aromatic carbocycles. The highest BCUT2D eigenvalue weighted by atomic mass is 16.5. The van der Waals surface area contributed by atoms with Crippen LogP contribution in [-0.2, 0) is 4.79 Å². The Bertz CT molecular complexity index is 1000. The second kappa shape index (κ2) is 8.26. The highest BCUT2D eigenvalue weighted by Gasteiger charge is 2.60. The smallest absolute Gasteiger partial charge is 0.267 e. The summed E-state index contributed by atoms with van der Waals surface area (Å²) in [6.07, 6.45) is 8.94. The zero-order chi connectivity index (χ0) is 22.3. The molecule has 5 rings (SSSR count). The lowest BCUT2D eigenvalue weighted by Crippen LogP contribution is -2.34. The Kier molecular flexibility index (Phi) is 5.43. The predicted octanol–water partition coefficient (Wildman–Crippen LogP) is 3.76. The minimum absolute atomic E-state index is 0.271. The Morgan fingerprint density at radius 2 is 1.91 bits per heavy atom. The van der Waals surface area contributed by atoms with Gasteiger partial charge in [-0.25, -0.2) is 4.98 Å². The van der Waals surface area contributed by atoms with Gasteiger partial charge in [0.2, 0.25) is 5.91 Å². The van der Waals surface area contributed by atoms with Crippen LogP contribution in [0, 0.1) is 17.3 Å². The first-order valence-electron chi connectivity index (χ1n) is 11.8. The van der Waals surface area contributed by atoms with E-state index < -0.39 is 5.91 Å². The molecule has 32 heavy (non-hydrogen) atoms. The van der Waals surface area contributed by atoms with Crippen molar-refractivity contribution in [2.75, 3.05) is 13.7 Å². The molecule has 2 aromatic rings. The highest BCUT2D eigenvalue weighted by Crippen LogP contribution is 2.65. The van der Waals surface area contributed by atoms with E-state index in [0.29, 0.717) is 22.7 Å². The fourth-order valence-corrected chi connectivity index (χ4v) is 5.63. The Morgan fingerprint density at radius 3 is 2.47 bits per heavy atom. The third-order valence-corrected chi connectivity index (χ3v) is 7.99. The molecule has 3 aliphatic rings. The van der Waals surface area contributed by atoms with Gasteiger partial charge in [-0.3, -0.25) is 9.59 Å². The first-order valence-corrected chi connectivity index (χ1v) is 11.8. The number of hydrogen-bond donors (Lipinski definition) is 3. The largest absolute Gasteiger partial charge is 0.497 e. The number of benzene rings is 1. The van der Waals surface area contributed by atoms with Crippen LogP contribution < -0.4 is 15.8 Å². The summed E-state index contributed by atoms with van der Waals surface area (Å²) in [5.41, 5.74) is 7.81. The number of ether oxygens (including phenoxy) is 1. The molecule has 2 amide bonds. The normalized spacial score (nSPS) is 25.7. The molecule has 4 N–H and O–H groups in total. The summed E-state index contributed by atoms with van der Waals surface area (Å²) in [6, 6.07) is 7.47. The van der Waals surface area contributed by atoms with Crippen molar-refractivity contribution < 1.29 is 14.3 Å². The lowest BCUT2D eigenvalue weighted by Gasteiger charge is -2.28. The molecule has 0 aliphatic heterocycles. The number of aromatic nitrogens is 2. The van der Waals surface area contributed by atoms with Crippen molar-refractivity contribution in [3.05, 3.63) is 35.8 Å². The molecular weight excluding hydrogens is 404 g/mol. The molecule has 1 atom stereocenters. The number of methoxy groups -OCH3 is 1. The molecule has 1 unspecified atom stereocenters. The van der Waals surface area contributed by atoms with E-state index in [4.69, 9.17) is 15.5 Å². The summed E-state index contributed by atoms with van der Waals surface area (Å²) < 4.78 is 5.22. The molecule has 3 saturated carbocycles. The average molecular weight is 437 g/mol. The van der Waals surface area contributed by atoms with E-state index >= 15 is 0 Å². The SMILES string of the molecule is COc1ccc(-c2nc(C3CCC(CNC(=O)C4CC45CCC5)CC3)[nH]c2C(N)=O)cc1. The van der Waals surface area contributed by atoms with E-state index in [2.05, 4.69) is 10.3 Å². The molecule has 3 fully saturated rings. The Labute approximate surface area is 188 Å². The number of rotatable bonds is 7. The van der Waals surface area contributed by atoms with Crippen molar-refractivity contribution >= 4 is 11.8 Å². The molecule has 1 spiro atoms. The van der Waals surface area contributed by atoms with E-state index in [9.17, 15) is 9.59 Å². The summed E-state index contributed by atoms with van der Waals surface area (Å²) >= 11 is 0. The zero-order valence-corrected chi connectivity index (χ0v) is 18.7. The Balaban J connectivity index is 1.19. The first kappa shape index (κ1) is 21.0. The van der Waals surface area contributed by atoms with Gasteiger partial charge in [-0.1, -0.05) is 6.42 Å². The van der Waals surface area contributed by atoms with E-state index in [0.717, 1.165) is 55.8 Å². The van der Waals surface area contributed by atoms with Crippen LogP contribution in [0.3, 0.4) is 0 Å². The van der Waals surface area contributed by atoms with Gasteiger partial charge in [-0.05, 0) is 80.5 Å². The van der Waals surface area contributed by atoms with Crippen molar-refractivity contribution in [2.45, 2.75) is 57.3 Å². The summed E-state index contributed by atoms with van der Waals surface area (Å²) in [5.74, 6) is 2.41. The van der Waals surface area contributed by atoms with E-state index in [-0.39, 0.29) is 17.7 Å². The van der Waals surface area contributed by atoms with Crippen molar-refractivity contribution in [1.82, 2.24) is 15.3 Å². The minimum atomic E-state index is -0.504. The minimum Gasteiger partial charge on any atom is -0.497 e. The Hall–Kier alpha value is -2.83.